The molecule has 3 rings (SSSR count). The molecule has 0 aliphatic rings. The molecule has 26 heavy (non-hydrogen) atoms. The summed E-state index contributed by atoms with van der Waals surface area (Å²) in [5, 5.41) is 20.9. The van der Waals surface area contributed by atoms with Gasteiger partial charge in [-0.05, 0) is 34.6 Å². The Morgan fingerprint density at radius 1 is 0.885 bits per heavy atom. The summed E-state index contributed by atoms with van der Waals surface area (Å²) in [6.45, 7) is 12.6. The summed E-state index contributed by atoms with van der Waals surface area (Å²) in [6.07, 6.45) is 0. The molecule has 0 saturated carbocycles. The average Bonchev–Trinajstić information content (AvgIpc) is 2.88. The molecule has 0 fully saturated rings. The minimum absolute atomic E-state index is 0.0873. The highest BCUT2D eigenvalue weighted by molar-refractivity contribution is 6.38. The van der Waals surface area contributed by atoms with Gasteiger partial charge in [0.25, 0.3) is 0 Å². The maximum absolute atomic E-state index is 11.0. The molecule has 0 spiro atoms. The summed E-state index contributed by atoms with van der Waals surface area (Å²) in [5.74, 6) is 0.174. The van der Waals surface area contributed by atoms with Crippen molar-refractivity contribution in [3.63, 3.8) is 0 Å². The van der Waals surface area contributed by atoms with E-state index in [4.69, 9.17) is 23.2 Å². The molecule has 138 valence electrons. The third kappa shape index (κ3) is 3.40. The van der Waals surface area contributed by atoms with Gasteiger partial charge >= 0.3 is 0 Å². The van der Waals surface area contributed by atoms with Crippen LogP contribution >= 0.6 is 23.2 Å². The number of phenolic OH excluding ortho intramolecular Hbond substituents is 1. The van der Waals surface area contributed by atoms with Crippen LogP contribution in [0.15, 0.2) is 24.3 Å². The smallest absolute Gasteiger partial charge is 0.146 e. The van der Waals surface area contributed by atoms with Crippen LogP contribution in [-0.4, -0.2) is 20.1 Å². The molecule has 0 radical (unpaired) electrons. The predicted molar refractivity (Wildman–Crippen MR) is 108 cm³/mol. The van der Waals surface area contributed by atoms with E-state index in [1.54, 1.807) is 12.1 Å². The fraction of sp³-hybridized carbons (Fsp3) is 0.400. The first-order chi connectivity index (χ1) is 11.9. The van der Waals surface area contributed by atoms with Crippen molar-refractivity contribution in [2.45, 2.75) is 52.4 Å². The van der Waals surface area contributed by atoms with Crippen molar-refractivity contribution in [2.24, 2.45) is 0 Å². The number of fused-ring (bicyclic) bond motifs is 1. The zero-order chi connectivity index (χ0) is 19.4. The summed E-state index contributed by atoms with van der Waals surface area (Å²) in [7, 11) is 0. The first-order valence-corrected chi connectivity index (χ1v) is 9.24. The average molecular weight is 392 g/mol. The Hall–Kier alpha value is -1.78. The Kier molecular flexibility index (Phi) is 4.48. The summed E-state index contributed by atoms with van der Waals surface area (Å²) in [5.41, 5.74) is 3.30. The number of aromatic nitrogens is 3. The normalized spacial score (nSPS) is 12.8. The third-order valence-corrected chi connectivity index (χ3v) is 4.89. The van der Waals surface area contributed by atoms with Crippen molar-refractivity contribution in [3.8, 4) is 11.4 Å². The lowest BCUT2D eigenvalue weighted by Gasteiger charge is -2.27. The van der Waals surface area contributed by atoms with Crippen LogP contribution in [0.1, 0.15) is 52.7 Å². The number of hydrogen-bond acceptors (Lipinski definition) is 3. The molecule has 6 heteroatoms. The number of benzene rings is 2. The Labute approximate surface area is 163 Å². The quantitative estimate of drug-likeness (QED) is 0.550. The van der Waals surface area contributed by atoms with E-state index in [-0.39, 0.29) is 16.6 Å². The number of nitrogens with zero attached hydrogens (tertiary/aromatic N) is 3. The van der Waals surface area contributed by atoms with E-state index >= 15 is 0 Å². The van der Waals surface area contributed by atoms with Gasteiger partial charge < -0.3 is 5.11 Å². The minimum atomic E-state index is -0.229. The molecule has 0 aliphatic heterocycles. The molecule has 2 aromatic carbocycles. The topological polar surface area (TPSA) is 50.9 Å². The van der Waals surface area contributed by atoms with Crippen LogP contribution in [0.5, 0.6) is 5.75 Å². The number of aromatic hydroxyl groups is 1. The van der Waals surface area contributed by atoms with Crippen molar-refractivity contribution < 1.29 is 5.11 Å². The van der Waals surface area contributed by atoms with Crippen LogP contribution in [0.4, 0.5) is 0 Å². The van der Waals surface area contributed by atoms with E-state index in [1.165, 1.54) is 4.80 Å². The van der Waals surface area contributed by atoms with Gasteiger partial charge in [0.15, 0.2) is 0 Å². The molecular weight excluding hydrogens is 369 g/mol. The largest absolute Gasteiger partial charge is 0.505 e. The highest BCUT2D eigenvalue weighted by atomic mass is 35.5. The lowest BCUT2D eigenvalue weighted by atomic mass is 9.80. The molecular formula is C20H23Cl2N3O. The first-order valence-electron chi connectivity index (χ1n) is 8.48. The summed E-state index contributed by atoms with van der Waals surface area (Å²) in [4.78, 5) is 1.44. The van der Waals surface area contributed by atoms with Gasteiger partial charge in [-0.3, -0.25) is 0 Å². The number of halogens is 2. The molecule has 1 aromatic heterocycles. The molecule has 0 atom stereocenters. The highest BCUT2D eigenvalue weighted by Crippen LogP contribution is 2.39. The Morgan fingerprint density at radius 2 is 1.54 bits per heavy atom. The second kappa shape index (κ2) is 6.14. The standard InChI is InChI=1S/C20H23Cl2N3O/c1-19(2,3)11-7-13(20(4,5)6)18(26)16(8-11)25-23-15-10-12(21)9-14(22)17(15)24-25/h7-10,26H,1-6H3. The zero-order valence-electron chi connectivity index (χ0n) is 15.9. The molecule has 1 heterocycles. The van der Waals surface area contributed by atoms with Crippen LogP contribution in [0.25, 0.3) is 16.7 Å². The van der Waals surface area contributed by atoms with Gasteiger partial charge in [0, 0.05) is 10.6 Å². The van der Waals surface area contributed by atoms with Crippen LogP contribution in [-0.2, 0) is 10.8 Å². The highest BCUT2D eigenvalue weighted by Gasteiger charge is 2.26. The molecule has 3 aromatic rings. The van der Waals surface area contributed by atoms with E-state index in [9.17, 15) is 5.11 Å². The SMILES string of the molecule is CC(C)(C)c1cc(-n2nc3cc(Cl)cc(Cl)c3n2)c(O)c(C(C)(C)C)c1. The van der Waals surface area contributed by atoms with Crippen molar-refractivity contribution in [1.82, 2.24) is 15.0 Å². The van der Waals surface area contributed by atoms with Gasteiger partial charge in [-0.25, -0.2) is 0 Å². The summed E-state index contributed by atoms with van der Waals surface area (Å²) < 4.78 is 0. The van der Waals surface area contributed by atoms with E-state index in [1.807, 2.05) is 6.07 Å². The third-order valence-electron chi connectivity index (χ3n) is 4.38. The van der Waals surface area contributed by atoms with Crippen molar-refractivity contribution >= 4 is 34.2 Å². The Morgan fingerprint density at radius 3 is 2.12 bits per heavy atom. The van der Waals surface area contributed by atoms with Gasteiger partial charge in [0.1, 0.15) is 22.5 Å². The Bertz CT molecular complexity index is 995. The lowest BCUT2D eigenvalue weighted by molar-refractivity contribution is 0.438. The molecule has 0 aliphatic carbocycles. The molecule has 4 nitrogen and oxygen atoms in total. The minimum Gasteiger partial charge on any atom is -0.505 e. The number of rotatable bonds is 1. The van der Waals surface area contributed by atoms with E-state index in [0.717, 1.165) is 11.1 Å². The van der Waals surface area contributed by atoms with E-state index in [0.29, 0.717) is 26.8 Å². The molecule has 0 unspecified atom stereocenters. The predicted octanol–water partition coefficient (Wildman–Crippen LogP) is 6.03. The van der Waals surface area contributed by atoms with Gasteiger partial charge in [-0.2, -0.15) is 0 Å². The molecule has 0 saturated heterocycles. The number of phenols is 1. The summed E-state index contributed by atoms with van der Waals surface area (Å²) >= 11 is 12.3. The van der Waals surface area contributed by atoms with Crippen molar-refractivity contribution in [2.75, 3.05) is 0 Å². The molecule has 0 amide bonds. The lowest BCUT2D eigenvalue weighted by Crippen LogP contribution is -2.18. The number of hydrogen-bond donors (Lipinski definition) is 1. The van der Waals surface area contributed by atoms with Gasteiger partial charge in [-0.15, -0.1) is 15.0 Å². The van der Waals surface area contributed by atoms with E-state index < -0.39 is 0 Å². The van der Waals surface area contributed by atoms with Gasteiger partial charge in [-0.1, -0.05) is 70.8 Å². The second-order valence-electron chi connectivity index (χ2n) is 8.64. The van der Waals surface area contributed by atoms with Crippen LogP contribution in [0, 0.1) is 0 Å². The zero-order valence-corrected chi connectivity index (χ0v) is 17.4. The van der Waals surface area contributed by atoms with Crippen LogP contribution in [0.2, 0.25) is 10.0 Å². The molecule has 0 bridgehead atoms. The Balaban J connectivity index is 2.32. The first kappa shape index (κ1) is 19.0. The van der Waals surface area contributed by atoms with Crippen molar-refractivity contribution in [1.29, 1.82) is 0 Å². The second-order valence-corrected chi connectivity index (χ2v) is 9.48. The monoisotopic (exact) mass is 391 g/mol. The summed E-state index contributed by atoms with van der Waals surface area (Å²) in [6, 6.07) is 7.34. The maximum Gasteiger partial charge on any atom is 0.146 e. The fourth-order valence-corrected chi connectivity index (χ4v) is 3.35. The fourth-order valence-electron chi connectivity index (χ4n) is 2.83. The van der Waals surface area contributed by atoms with Gasteiger partial charge in [0.2, 0.25) is 0 Å². The van der Waals surface area contributed by atoms with Crippen LogP contribution < -0.4 is 0 Å². The van der Waals surface area contributed by atoms with Gasteiger partial charge in [0.05, 0.1) is 5.02 Å². The van der Waals surface area contributed by atoms with E-state index in [2.05, 4.69) is 57.8 Å². The van der Waals surface area contributed by atoms with Crippen molar-refractivity contribution in [3.05, 3.63) is 45.4 Å². The maximum atomic E-state index is 11.0. The van der Waals surface area contributed by atoms with Crippen LogP contribution in [0.3, 0.4) is 0 Å². The molecule has 1 N–H and O–H groups in total.